The fourth-order valence-electron chi connectivity index (χ4n) is 2.53. The maximum atomic E-state index is 12.3. The van der Waals surface area contributed by atoms with Crippen LogP contribution in [0.3, 0.4) is 0 Å². The number of anilines is 1. The highest BCUT2D eigenvalue weighted by Crippen LogP contribution is 2.23. The number of nitro benzene ring substituents is 1. The summed E-state index contributed by atoms with van der Waals surface area (Å²) in [6, 6.07) is 5.97. The van der Waals surface area contributed by atoms with E-state index in [-0.39, 0.29) is 17.5 Å². The zero-order valence-electron chi connectivity index (χ0n) is 11.2. The van der Waals surface area contributed by atoms with Crippen LogP contribution in [0.25, 0.3) is 0 Å². The Labute approximate surface area is 120 Å². The Bertz CT molecular complexity index is 695. The molecule has 0 radical (unpaired) electrons. The Morgan fingerprint density at radius 2 is 2.33 bits per heavy atom. The quantitative estimate of drug-likeness (QED) is 0.690. The summed E-state index contributed by atoms with van der Waals surface area (Å²) in [4.78, 5) is 26.6. The van der Waals surface area contributed by atoms with E-state index in [9.17, 15) is 14.9 Å². The first-order chi connectivity index (χ1) is 10.1. The number of rotatable bonds is 3. The van der Waals surface area contributed by atoms with E-state index in [1.807, 2.05) is 4.57 Å². The molecular weight excluding hydrogens is 272 g/mol. The largest absolute Gasteiger partial charge is 0.335 e. The van der Waals surface area contributed by atoms with Crippen LogP contribution >= 0.6 is 0 Å². The third kappa shape index (κ3) is 2.76. The van der Waals surface area contributed by atoms with Crippen molar-refractivity contribution in [3.05, 3.63) is 52.6 Å². The van der Waals surface area contributed by atoms with Gasteiger partial charge in [-0.3, -0.25) is 14.9 Å². The number of fused-ring (bicyclic) bond motifs is 1. The van der Waals surface area contributed by atoms with Crippen molar-refractivity contribution in [2.45, 2.75) is 19.4 Å². The highest BCUT2D eigenvalue weighted by Gasteiger charge is 2.25. The van der Waals surface area contributed by atoms with Gasteiger partial charge in [0, 0.05) is 48.6 Å². The monoisotopic (exact) mass is 286 g/mol. The van der Waals surface area contributed by atoms with Crippen LogP contribution in [0.5, 0.6) is 0 Å². The van der Waals surface area contributed by atoms with E-state index < -0.39 is 4.92 Å². The molecule has 1 atom stereocenters. The van der Waals surface area contributed by atoms with Gasteiger partial charge < -0.3 is 9.88 Å². The molecule has 0 bridgehead atoms. The number of hydrogen-bond donors (Lipinski definition) is 1. The summed E-state index contributed by atoms with van der Waals surface area (Å²) in [5, 5.41) is 13.5. The summed E-state index contributed by atoms with van der Waals surface area (Å²) >= 11 is 0. The lowest BCUT2D eigenvalue weighted by atomic mass is 9.95. The van der Waals surface area contributed by atoms with Gasteiger partial charge in [-0.1, -0.05) is 6.07 Å². The number of non-ortho nitro benzene ring substituents is 1. The van der Waals surface area contributed by atoms with Gasteiger partial charge in [0.2, 0.25) is 5.91 Å². The van der Waals surface area contributed by atoms with Crippen molar-refractivity contribution in [2.24, 2.45) is 5.92 Å². The molecule has 0 aliphatic carbocycles. The molecule has 1 aromatic carbocycles. The third-order valence-corrected chi connectivity index (χ3v) is 3.67. The van der Waals surface area contributed by atoms with Crippen molar-refractivity contribution < 1.29 is 9.72 Å². The number of benzene rings is 1. The summed E-state index contributed by atoms with van der Waals surface area (Å²) in [6.07, 6.45) is 4.92. The lowest BCUT2D eigenvalue weighted by Crippen LogP contribution is -2.29. The average Bonchev–Trinajstić information content (AvgIpc) is 2.94. The van der Waals surface area contributed by atoms with Gasteiger partial charge in [-0.15, -0.1) is 0 Å². The second-order valence-electron chi connectivity index (χ2n) is 5.06. The molecule has 21 heavy (non-hydrogen) atoms. The van der Waals surface area contributed by atoms with Crippen molar-refractivity contribution >= 4 is 17.3 Å². The highest BCUT2D eigenvalue weighted by atomic mass is 16.6. The molecule has 0 fully saturated rings. The second kappa shape index (κ2) is 5.35. The van der Waals surface area contributed by atoms with E-state index in [1.54, 1.807) is 24.7 Å². The molecule has 7 nitrogen and oxygen atoms in total. The van der Waals surface area contributed by atoms with Crippen LogP contribution in [-0.4, -0.2) is 20.4 Å². The fraction of sp³-hybridized carbons (Fsp3) is 0.286. The molecule has 1 N–H and O–H groups in total. The van der Waals surface area contributed by atoms with Crippen LogP contribution < -0.4 is 5.32 Å². The van der Waals surface area contributed by atoms with Crippen LogP contribution in [-0.2, 0) is 17.8 Å². The minimum atomic E-state index is -0.477. The summed E-state index contributed by atoms with van der Waals surface area (Å²) in [6.45, 7) is 0.766. The summed E-state index contributed by atoms with van der Waals surface area (Å²) in [7, 11) is 0. The molecule has 1 unspecified atom stereocenters. The lowest BCUT2D eigenvalue weighted by Gasteiger charge is -2.22. The van der Waals surface area contributed by atoms with Gasteiger partial charge in [-0.05, 0) is 12.5 Å². The highest BCUT2D eigenvalue weighted by molar-refractivity contribution is 5.93. The summed E-state index contributed by atoms with van der Waals surface area (Å²) in [5.41, 5.74) is 1.46. The summed E-state index contributed by atoms with van der Waals surface area (Å²) in [5.74, 6) is -0.239. The molecule has 0 saturated heterocycles. The van der Waals surface area contributed by atoms with E-state index in [2.05, 4.69) is 10.3 Å². The number of nitrogens with one attached hydrogen (secondary N) is 1. The smallest absolute Gasteiger partial charge is 0.271 e. The molecule has 1 aliphatic heterocycles. The van der Waals surface area contributed by atoms with Crippen molar-refractivity contribution in [3.63, 3.8) is 0 Å². The van der Waals surface area contributed by atoms with Crippen LogP contribution in [0.2, 0.25) is 0 Å². The van der Waals surface area contributed by atoms with E-state index in [1.165, 1.54) is 12.1 Å². The summed E-state index contributed by atoms with van der Waals surface area (Å²) < 4.78 is 2.04. The molecule has 108 valence electrons. The number of imidazole rings is 1. The Morgan fingerprint density at radius 3 is 3.14 bits per heavy atom. The molecular formula is C14H14N4O3. The number of nitro groups is 1. The van der Waals surface area contributed by atoms with Gasteiger partial charge in [-0.2, -0.15) is 0 Å². The Hall–Kier alpha value is -2.70. The predicted octanol–water partition coefficient (Wildman–Crippen LogP) is 1.99. The first-order valence-corrected chi connectivity index (χ1v) is 6.68. The van der Waals surface area contributed by atoms with Gasteiger partial charge in [0.1, 0.15) is 0 Å². The zero-order chi connectivity index (χ0) is 14.8. The molecule has 0 spiro atoms. The average molecular weight is 286 g/mol. The van der Waals surface area contributed by atoms with Crippen molar-refractivity contribution in [3.8, 4) is 0 Å². The number of aryl methyl sites for hydroxylation is 1. The normalized spacial score (nSPS) is 17.0. The van der Waals surface area contributed by atoms with E-state index in [0.717, 1.165) is 18.7 Å². The number of amides is 1. The number of hydrogen-bond acceptors (Lipinski definition) is 4. The van der Waals surface area contributed by atoms with Gasteiger partial charge in [0.15, 0.2) is 0 Å². The van der Waals surface area contributed by atoms with Crippen molar-refractivity contribution in [2.75, 3.05) is 5.32 Å². The molecule has 3 rings (SSSR count). The molecule has 1 amide bonds. The topological polar surface area (TPSA) is 90.1 Å². The third-order valence-electron chi connectivity index (χ3n) is 3.67. The van der Waals surface area contributed by atoms with Crippen LogP contribution in [0, 0.1) is 16.0 Å². The van der Waals surface area contributed by atoms with Gasteiger partial charge >= 0.3 is 0 Å². The number of aromatic nitrogens is 2. The fourth-order valence-corrected chi connectivity index (χ4v) is 2.53. The first kappa shape index (κ1) is 13.3. The number of nitrogens with zero attached hydrogens (tertiary/aromatic N) is 3. The molecule has 7 heteroatoms. The van der Waals surface area contributed by atoms with E-state index in [4.69, 9.17) is 0 Å². The predicted molar refractivity (Wildman–Crippen MR) is 75.8 cm³/mol. The SMILES string of the molecule is O=C(Nc1cccc([N+](=O)[O-])c1)C1CCn2cncc2C1. The maximum Gasteiger partial charge on any atom is 0.271 e. The van der Waals surface area contributed by atoms with Gasteiger partial charge in [-0.25, -0.2) is 4.98 Å². The van der Waals surface area contributed by atoms with Crippen LogP contribution in [0.15, 0.2) is 36.8 Å². The number of carbonyl (C=O) groups excluding carboxylic acids is 1. The Balaban J connectivity index is 1.70. The van der Waals surface area contributed by atoms with E-state index in [0.29, 0.717) is 12.1 Å². The van der Waals surface area contributed by atoms with Crippen molar-refractivity contribution in [1.82, 2.24) is 9.55 Å². The van der Waals surface area contributed by atoms with E-state index >= 15 is 0 Å². The van der Waals surface area contributed by atoms with Crippen LogP contribution in [0.1, 0.15) is 12.1 Å². The molecule has 2 heterocycles. The van der Waals surface area contributed by atoms with Gasteiger partial charge in [0.25, 0.3) is 5.69 Å². The first-order valence-electron chi connectivity index (χ1n) is 6.68. The second-order valence-corrected chi connectivity index (χ2v) is 5.06. The molecule has 0 saturated carbocycles. The lowest BCUT2D eigenvalue weighted by molar-refractivity contribution is -0.384. The Kier molecular flexibility index (Phi) is 3.39. The Morgan fingerprint density at radius 1 is 1.48 bits per heavy atom. The molecule has 1 aromatic heterocycles. The minimum Gasteiger partial charge on any atom is -0.335 e. The van der Waals surface area contributed by atoms with Crippen molar-refractivity contribution in [1.29, 1.82) is 0 Å². The standard InChI is InChI=1S/C14H14N4O3/c19-14(10-4-5-17-9-15-8-13(17)6-10)16-11-2-1-3-12(7-11)18(20)21/h1-3,7-10H,4-6H2,(H,16,19). The molecule has 2 aromatic rings. The zero-order valence-corrected chi connectivity index (χ0v) is 11.2. The maximum absolute atomic E-state index is 12.3. The van der Waals surface area contributed by atoms with Gasteiger partial charge in [0.05, 0.1) is 11.3 Å². The number of carbonyl (C=O) groups is 1. The van der Waals surface area contributed by atoms with Crippen LogP contribution in [0.4, 0.5) is 11.4 Å². The molecule has 1 aliphatic rings. The minimum absolute atomic E-state index is 0.0329.